The number of aliphatic hydroxyl groups excluding tert-OH is 1. The number of aliphatic hydroxyl groups is 1. The van der Waals surface area contributed by atoms with Crippen LogP contribution >= 0.6 is 0 Å². The molecule has 1 rings (SSSR count). The van der Waals surface area contributed by atoms with Crippen LogP contribution in [0.1, 0.15) is 6.92 Å². The number of hydrogen-bond donors (Lipinski definition) is 1. The Balaban J connectivity index is 2.46. The van der Waals surface area contributed by atoms with Crippen LogP contribution in [0.5, 0.6) is 0 Å². The Morgan fingerprint density at radius 2 is 2.50 bits per heavy atom. The first-order valence-electron chi connectivity index (χ1n) is 4.34. The van der Waals surface area contributed by atoms with Crippen LogP contribution in [0.15, 0.2) is 6.33 Å². The molecule has 9 nitrogen and oxygen atoms in total. The maximum Gasteiger partial charge on any atom is 0.490 e. The molecule has 0 bridgehead atoms. The molecule has 16 heavy (non-hydrogen) atoms. The molecule has 0 aliphatic rings. The van der Waals surface area contributed by atoms with E-state index < -0.39 is 22.9 Å². The number of nitrogens with zero attached hydrogens (tertiary/aromatic N) is 4. The van der Waals surface area contributed by atoms with Crippen molar-refractivity contribution in [3.63, 3.8) is 0 Å². The van der Waals surface area contributed by atoms with Gasteiger partial charge in [0.15, 0.2) is 0 Å². The number of carbonyl (C=O) groups is 1. The van der Waals surface area contributed by atoms with E-state index >= 15 is 0 Å². The van der Waals surface area contributed by atoms with Gasteiger partial charge in [0, 0.05) is 12.0 Å². The number of esters is 1. The second-order valence-electron chi connectivity index (χ2n) is 2.98. The summed E-state index contributed by atoms with van der Waals surface area (Å²) in [6.07, 6.45) is 0.139. The molecular weight excluding hydrogens is 220 g/mol. The summed E-state index contributed by atoms with van der Waals surface area (Å²) < 4.78 is 5.65. The smallest absolute Gasteiger partial charge is 0.463 e. The van der Waals surface area contributed by atoms with Gasteiger partial charge >= 0.3 is 11.9 Å². The van der Waals surface area contributed by atoms with E-state index in [0.29, 0.717) is 0 Å². The van der Waals surface area contributed by atoms with E-state index in [0.717, 1.165) is 11.0 Å². The molecule has 0 aromatic carbocycles. The van der Waals surface area contributed by atoms with E-state index in [-0.39, 0.29) is 13.2 Å². The highest BCUT2D eigenvalue weighted by Gasteiger charge is 2.16. The van der Waals surface area contributed by atoms with Crippen molar-refractivity contribution in [2.45, 2.75) is 19.6 Å². The molecule has 1 unspecified atom stereocenters. The second-order valence-corrected chi connectivity index (χ2v) is 2.98. The van der Waals surface area contributed by atoms with Crippen molar-refractivity contribution in [2.75, 3.05) is 6.61 Å². The predicted octanol–water partition coefficient (Wildman–Crippen LogP) is -0.890. The van der Waals surface area contributed by atoms with Crippen LogP contribution in [0.3, 0.4) is 0 Å². The Kier molecular flexibility index (Phi) is 3.89. The molecule has 0 amide bonds. The first-order valence-corrected chi connectivity index (χ1v) is 4.34. The summed E-state index contributed by atoms with van der Waals surface area (Å²) in [5, 5.41) is 23.1. The van der Waals surface area contributed by atoms with Crippen LogP contribution in [0.4, 0.5) is 5.95 Å². The van der Waals surface area contributed by atoms with E-state index in [4.69, 9.17) is 0 Å². The molecule has 1 N–H and O–H groups in total. The van der Waals surface area contributed by atoms with E-state index in [9.17, 15) is 20.0 Å². The first-order chi connectivity index (χ1) is 7.49. The first kappa shape index (κ1) is 12.0. The maximum atomic E-state index is 10.4. The lowest BCUT2D eigenvalue weighted by molar-refractivity contribution is -0.394. The van der Waals surface area contributed by atoms with E-state index in [1.54, 1.807) is 0 Å². The minimum absolute atomic E-state index is 0.0336. The van der Waals surface area contributed by atoms with Crippen LogP contribution in [-0.4, -0.2) is 43.5 Å². The van der Waals surface area contributed by atoms with Gasteiger partial charge in [-0.25, -0.2) is 0 Å². The predicted molar refractivity (Wildman–Crippen MR) is 49.3 cm³/mol. The Morgan fingerprint density at radius 1 is 1.81 bits per heavy atom. The quantitative estimate of drug-likeness (QED) is 0.395. The van der Waals surface area contributed by atoms with Crippen LogP contribution in [-0.2, 0) is 16.1 Å². The van der Waals surface area contributed by atoms with E-state index in [1.807, 2.05) is 0 Å². The van der Waals surface area contributed by atoms with Crippen LogP contribution in [0.2, 0.25) is 0 Å². The zero-order chi connectivity index (χ0) is 12.1. The molecule has 0 spiro atoms. The van der Waals surface area contributed by atoms with Crippen molar-refractivity contribution in [1.29, 1.82) is 0 Å². The molecule has 0 radical (unpaired) electrons. The van der Waals surface area contributed by atoms with Crippen molar-refractivity contribution in [3.8, 4) is 0 Å². The SMILES string of the molecule is CC(=O)OCC(O)Cn1cnc([N+](=O)[O-])n1. The van der Waals surface area contributed by atoms with Crippen LogP contribution < -0.4 is 0 Å². The third kappa shape index (κ3) is 3.61. The number of nitro groups is 1. The van der Waals surface area contributed by atoms with E-state index in [1.165, 1.54) is 6.92 Å². The number of rotatable bonds is 5. The summed E-state index contributed by atoms with van der Waals surface area (Å²) in [4.78, 5) is 23.3. The summed E-state index contributed by atoms with van der Waals surface area (Å²) in [5.41, 5.74) is 0. The fourth-order valence-corrected chi connectivity index (χ4v) is 0.939. The monoisotopic (exact) mass is 230 g/mol. The topological polar surface area (TPSA) is 120 Å². The molecule has 0 saturated carbocycles. The molecule has 0 saturated heterocycles. The normalized spacial score (nSPS) is 12.1. The lowest BCUT2D eigenvalue weighted by Gasteiger charge is -2.07. The molecule has 1 heterocycles. The average molecular weight is 230 g/mol. The Bertz CT molecular complexity index is 390. The maximum absolute atomic E-state index is 10.4. The Labute approximate surface area is 89.8 Å². The van der Waals surface area contributed by atoms with Crippen molar-refractivity contribution >= 4 is 11.9 Å². The number of hydrogen-bond acceptors (Lipinski definition) is 7. The molecule has 1 aromatic rings. The van der Waals surface area contributed by atoms with Gasteiger partial charge in [0.25, 0.3) is 0 Å². The van der Waals surface area contributed by atoms with Crippen LogP contribution in [0, 0.1) is 10.1 Å². The van der Waals surface area contributed by atoms with Crippen LogP contribution in [0.25, 0.3) is 0 Å². The number of carbonyl (C=O) groups excluding carboxylic acids is 1. The average Bonchev–Trinajstić information content (AvgIpc) is 2.63. The van der Waals surface area contributed by atoms with Gasteiger partial charge in [-0.15, -0.1) is 0 Å². The molecule has 1 aromatic heterocycles. The summed E-state index contributed by atoms with van der Waals surface area (Å²) >= 11 is 0. The van der Waals surface area contributed by atoms with Gasteiger partial charge in [-0.3, -0.25) is 4.79 Å². The van der Waals surface area contributed by atoms with Gasteiger partial charge < -0.3 is 20.0 Å². The van der Waals surface area contributed by atoms with Crippen molar-refractivity contribution in [1.82, 2.24) is 14.8 Å². The number of ether oxygens (including phenoxy) is 1. The highest BCUT2D eigenvalue weighted by atomic mass is 16.6. The third-order valence-electron chi connectivity index (χ3n) is 1.56. The second kappa shape index (κ2) is 5.16. The highest BCUT2D eigenvalue weighted by Crippen LogP contribution is 2.00. The summed E-state index contributed by atoms with van der Waals surface area (Å²) in [5.74, 6) is -1.05. The van der Waals surface area contributed by atoms with Crippen molar-refractivity contribution < 1.29 is 19.6 Å². The van der Waals surface area contributed by atoms with Gasteiger partial charge in [0.2, 0.25) is 6.33 Å². The molecular formula is C7H10N4O5. The Morgan fingerprint density at radius 3 is 3.00 bits per heavy atom. The molecule has 1 atom stereocenters. The van der Waals surface area contributed by atoms with Crippen molar-refractivity contribution in [2.24, 2.45) is 0 Å². The lowest BCUT2D eigenvalue weighted by Crippen LogP contribution is -2.23. The zero-order valence-electron chi connectivity index (χ0n) is 8.44. The molecule has 88 valence electrons. The number of aromatic nitrogens is 3. The standard InChI is InChI=1S/C7H10N4O5/c1-5(12)16-3-6(13)2-10-4-8-7(9-10)11(14)15/h4,6,13H,2-3H2,1H3. The Hall–Kier alpha value is -2.03. The van der Waals surface area contributed by atoms with Crippen molar-refractivity contribution in [3.05, 3.63) is 16.4 Å². The molecule has 9 heteroatoms. The van der Waals surface area contributed by atoms with Gasteiger partial charge in [-0.2, -0.15) is 4.68 Å². The summed E-state index contributed by atoms with van der Waals surface area (Å²) in [6, 6.07) is 0. The third-order valence-corrected chi connectivity index (χ3v) is 1.56. The minimum Gasteiger partial charge on any atom is -0.463 e. The van der Waals surface area contributed by atoms with Gasteiger partial charge in [0.05, 0.1) is 6.54 Å². The summed E-state index contributed by atoms with van der Waals surface area (Å²) in [7, 11) is 0. The van der Waals surface area contributed by atoms with Gasteiger partial charge in [0.1, 0.15) is 12.7 Å². The molecule has 0 aliphatic carbocycles. The molecule has 0 aliphatic heterocycles. The lowest BCUT2D eigenvalue weighted by atomic mass is 10.4. The van der Waals surface area contributed by atoms with E-state index in [2.05, 4.69) is 14.8 Å². The highest BCUT2D eigenvalue weighted by molar-refractivity contribution is 5.65. The fourth-order valence-electron chi connectivity index (χ4n) is 0.939. The largest absolute Gasteiger partial charge is 0.490 e. The zero-order valence-corrected chi connectivity index (χ0v) is 8.44. The van der Waals surface area contributed by atoms with Gasteiger partial charge in [-0.1, -0.05) is 4.98 Å². The molecule has 0 fully saturated rings. The summed E-state index contributed by atoms with van der Waals surface area (Å²) in [6.45, 7) is 0.990. The minimum atomic E-state index is -0.981. The van der Waals surface area contributed by atoms with Gasteiger partial charge in [-0.05, 0) is 4.92 Å². The fraction of sp³-hybridized carbons (Fsp3) is 0.571.